The first-order valence-corrected chi connectivity index (χ1v) is 8.43. The van der Waals surface area contributed by atoms with Gasteiger partial charge in [0.05, 0.1) is 15.9 Å². The second-order valence-electron chi connectivity index (χ2n) is 4.78. The number of thiazole rings is 1. The van der Waals surface area contributed by atoms with Crippen LogP contribution in [-0.4, -0.2) is 16.5 Å². The van der Waals surface area contributed by atoms with E-state index in [4.69, 9.17) is 4.98 Å². The van der Waals surface area contributed by atoms with Gasteiger partial charge >= 0.3 is 0 Å². The zero-order valence-electron chi connectivity index (χ0n) is 11.8. The van der Waals surface area contributed by atoms with Crippen molar-refractivity contribution in [3.8, 4) is 10.6 Å². The highest BCUT2D eigenvalue weighted by atomic mass is 32.1. The molecule has 0 aliphatic heterocycles. The Morgan fingerprint density at radius 2 is 2.25 bits per heavy atom. The van der Waals surface area contributed by atoms with Crippen LogP contribution >= 0.6 is 22.7 Å². The van der Waals surface area contributed by atoms with Gasteiger partial charge in [0, 0.05) is 22.7 Å². The van der Waals surface area contributed by atoms with Crippen LogP contribution in [0.15, 0.2) is 23.7 Å². The minimum absolute atomic E-state index is 0.352. The number of nitrogens with zero attached hydrogens (tertiary/aromatic N) is 2. The standard InChI is InChI=1S/C15H17N3S2/c1-4-16-9(2)14-10(3)18-15(20-14)11-7-13-12(17-8-11)5-6-19-13/h5-9,16H,4H2,1-3H3. The Kier molecular flexibility index (Phi) is 3.83. The number of nitrogens with one attached hydrogen (secondary N) is 1. The topological polar surface area (TPSA) is 37.8 Å². The molecule has 0 aliphatic rings. The Morgan fingerprint density at radius 1 is 1.40 bits per heavy atom. The van der Waals surface area contributed by atoms with Gasteiger partial charge in [-0.15, -0.1) is 22.7 Å². The average Bonchev–Trinajstić information content (AvgIpc) is 3.04. The second-order valence-corrected chi connectivity index (χ2v) is 6.75. The molecule has 0 aromatic carbocycles. The molecular formula is C15H17N3S2. The quantitative estimate of drug-likeness (QED) is 0.776. The summed E-state index contributed by atoms with van der Waals surface area (Å²) in [5.74, 6) is 0. The van der Waals surface area contributed by atoms with E-state index in [1.165, 1.54) is 9.58 Å². The predicted octanol–water partition coefficient (Wildman–Crippen LogP) is 4.40. The van der Waals surface area contributed by atoms with E-state index in [-0.39, 0.29) is 0 Å². The largest absolute Gasteiger partial charge is 0.310 e. The summed E-state index contributed by atoms with van der Waals surface area (Å²) in [4.78, 5) is 10.5. The van der Waals surface area contributed by atoms with Crippen LogP contribution in [0.25, 0.3) is 20.8 Å². The van der Waals surface area contributed by atoms with Crippen molar-refractivity contribution in [2.24, 2.45) is 0 Å². The molecule has 3 rings (SSSR count). The van der Waals surface area contributed by atoms with Gasteiger partial charge in [-0.25, -0.2) is 4.98 Å². The number of fused-ring (bicyclic) bond motifs is 1. The van der Waals surface area contributed by atoms with Crippen LogP contribution in [-0.2, 0) is 0 Å². The Morgan fingerprint density at radius 3 is 3.05 bits per heavy atom. The number of hydrogen-bond donors (Lipinski definition) is 1. The fourth-order valence-electron chi connectivity index (χ4n) is 2.30. The van der Waals surface area contributed by atoms with Crippen LogP contribution in [0.2, 0.25) is 0 Å². The van der Waals surface area contributed by atoms with Crippen molar-refractivity contribution in [3.63, 3.8) is 0 Å². The van der Waals surface area contributed by atoms with E-state index in [1.54, 1.807) is 22.7 Å². The fourth-order valence-corrected chi connectivity index (χ4v) is 4.15. The molecular weight excluding hydrogens is 286 g/mol. The minimum atomic E-state index is 0.352. The monoisotopic (exact) mass is 303 g/mol. The van der Waals surface area contributed by atoms with Gasteiger partial charge in [0.25, 0.3) is 0 Å². The fraction of sp³-hybridized carbons (Fsp3) is 0.333. The first-order valence-electron chi connectivity index (χ1n) is 6.73. The lowest BCUT2D eigenvalue weighted by Gasteiger charge is -2.09. The van der Waals surface area contributed by atoms with Crippen LogP contribution in [0.4, 0.5) is 0 Å². The first kappa shape index (κ1) is 13.7. The minimum Gasteiger partial charge on any atom is -0.310 e. The SMILES string of the molecule is CCNC(C)c1sc(-c2cnc3ccsc3c2)nc1C. The molecule has 1 unspecified atom stereocenters. The summed E-state index contributed by atoms with van der Waals surface area (Å²) in [5, 5.41) is 6.59. The highest BCUT2D eigenvalue weighted by Crippen LogP contribution is 2.33. The molecule has 104 valence electrons. The molecule has 5 heteroatoms. The highest BCUT2D eigenvalue weighted by Gasteiger charge is 2.15. The van der Waals surface area contributed by atoms with Crippen LogP contribution in [0.3, 0.4) is 0 Å². The van der Waals surface area contributed by atoms with Gasteiger partial charge in [-0.05, 0) is 37.9 Å². The smallest absolute Gasteiger partial charge is 0.125 e. The molecule has 3 nitrogen and oxygen atoms in total. The van der Waals surface area contributed by atoms with Crippen LogP contribution < -0.4 is 5.32 Å². The number of thiophene rings is 1. The molecule has 3 aromatic rings. The predicted molar refractivity (Wildman–Crippen MR) is 87.6 cm³/mol. The van der Waals surface area contributed by atoms with Crippen molar-refractivity contribution in [3.05, 3.63) is 34.3 Å². The molecule has 1 N–H and O–H groups in total. The van der Waals surface area contributed by atoms with Gasteiger partial charge in [-0.2, -0.15) is 0 Å². The summed E-state index contributed by atoms with van der Waals surface area (Å²) in [6.07, 6.45) is 1.93. The summed E-state index contributed by atoms with van der Waals surface area (Å²) in [5.41, 5.74) is 3.29. The molecule has 0 spiro atoms. The lowest BCUT2D eigenvalue weighted by atomic mass is 10.2. The van der Waals surface area contributed by atoms with Crippen molar-refractivity contribution in [2.75, 3.05) is 6.54 Å². The van der Waals surface area contributed by atoms with Gasteiger partial charge in [0.2, 0.25) is 0 Å². The van der Waals surface area contributed by atoms with E-state index in [0.717, 1.165) is 28.3 Å². The Labute approximate surface area is 126 Å². The van der Waals surface area contributed by atoms with Crippen molar-refractivity contribution < 1.29 is 0 Å². The summed E-state index contributed by atoms with van der Waals surface area (Å²) in [7, 11) is 0. The second kappa shape index (κ2) is 5.60. The molecule has 0 saturated carbocycles. The molecule has 0 amide bonds. The maximum atomic E-state index is 4.72. The van der Waals surface area contributed by atoms with Gasteiger partial charge < -0.3 is 5.32 Å². The number of rotatable bonds is 4. The molecule has 0 bridgehead atoms. The average molecular weight is 303 g/mol. The van der Waals surface area contributed by atoms with Crippen molar-refractivity contribution in [1.29, 1.82) is 0 Å². The van der Waals surface area contributed by atoms with Gasteiger partial charge in [-0.3, -0.25) is 4.98 Å². The molecule has 3 aromatic heterocycles. The van der Waals surface area contributed by atoms with E-state index >= 15 is 0 Å². The summed E-state index contributed by atoms with van der Waals surface area (Å²) in [6, 6.07) is 4.59. The normalized spacial score (nSPS) is 12.9. The van der Waals surface area contributed by atoms with Crippen molar-refractivity contribution in [2.45, 2.75) is 26.8 Å². The van der Waals surface area contributed by atoms with Crippen LogP contribution in [0, 0.1) is 6.92 Å². The van der Waals surface area contributed by atoms with E-state index < -0.39 is 0 Å². The summed E-state index contributed by atoms with van der Waals surface area (Å²) in [6.45, 7) is 7.37. The van der Waals surface area contributed by atoms with E-state index in [2.05, 4.69) is 48.6 Å². The molecule has 3 heterocycles. The number of hydrogen-bond acceptors (Lipinski definition) is 5. The number of pyridine rings is 1. The van der Waals surface area contributed by atoms with E-state index in [0.29, 0.717) is 6.04 Å². The highest BCUT2D eigenvalue weighted by molar-refractivity contribution is 7.17. The summed E-state index contributed by atoms with van der Waals surface area (Å²) >= 11 is 3.49. The van der Waals surface area contributed by atoms with Crippen LogP contribution in [0.1, 0.15) is 30.5 Å². The zero-order chi connectivity index (χ0) is 14.1. The lowest BCUT2D eigenvalue weighted by molar-refractivity contribution is 0.603. The van der Waals surface area contributed by atoms with Crippen molar-refractivity contribution in [1.82, 2.24) is 15.3 Å². The van der Waals surface area contributed by atoms with E-state index in [1.807, 2.05) is 6.20 Å². The molecule has 0 fully saturated rings. The Hall–Kier alpha value is -1.30. The molecule has 0 saturated heterocycles. The Bertz CT molecular complexity index is 730. The van der Waals surface area contributed by atoms with Gasteiger partial charge in [-0.1, -0.05) is 6.92 Å². The maximum Gasteiger partial charge on any atom is 0.125 e. The summed E-state index contributed by atoms with van der Waals surface area (Å²) < 4.78 is 1.22. The van der Waals surface area contributed by atoms with Gasteiger partial charge in [0.15, 0.2) is 0 Å². The number of aromatic nitrogens is 2. The lowest BCUT2D eigenvalue weighted by Crippen LogP contribution is -2.17. The Balaban J connectivity index is 1.99. The molecule has 1 atom stereocenters. The molecule has 0 radical (unpaired) electrons. The van der Waals surface area contributed by atoms with Crippen LogP contribution in [0.5, 0.6) is 0 Å². The third-order valence-electron chi connectivity index (χ3n) is 3.29. The first-order chi connectivity index (χ1) is 9.69. The zero-order valence-corrected chi connectivity index (χ0v) is 13.4. The molecule has 0 aliphatic carbocycles. The van der Waals surface area contributed by atoms with E-state index in [9.17, 15) is 0 Å². The van der Waals surface area contributed by atoms with Crippen molar-refractivity contribution >= 4 is 32.9 Å². The van der Waals surface area contributed by atoms with Gasteiger partial charge in [0.1, 0.15) is 5.01 Å². The number of aryl methyl sites for hydroxylation is 1. The third-order valence-corrected chi connectivity index (χ3v) is 5.53. The third kappa shape index (κ3) is 2.49. The molecule has 20 heavy (non-hydrogen) atoms. The maximum absolute atomic E-state index is 4.72.